The van der Waals surface area contributed by atoms with Gasteiger partial charge in [-0.1, -0.05) is 0 Å². The van der Waals surface area contributed by atoms with E-state index in [9.17, 15) is 9.00 Å². The van der Waals surface area contributed by atoms with Crippen molar-refractivity contribution < 1.29 is 23.6 Å². The quantitative estimate of drug-likeness (QED) is 0.520. The summed E-state index contributed by atoms with van der Waals surface area (Å²) in [5.74, 6) is 0.0689. The molecule has 0 aromatic heterocycles. The first-order valence-electron chi connectivity index (χ1n) is 2.80. The van der Waals surface area contributed by atoms with Gasteiger partial charge in [0.25, 0.3) is 0 Å². The molecule has 0 aromatic carbocycles. The van der Waals surface area contributed by atoms with Gasteiger partial charge < -0.3 is 14.6 Å². The van der Waals surface area contributed by atoms with Crippen molar-refractivity contribution in [2.75, 3.05) is 12.5 Å². The summed E-state index contributed by atoms with van der Waals surface area (Å²) in [5.41, 5.74) is 0. The van der Waals surface area contributed by atoms with Crippen LogP contribution >= 0.6 is 0 Å². The SMILES string of the molecule is O=C(O)OC1COCS(=O)N1. The number of carboxylic acid groups (broad SMARTS) is 1. The molecule has 0 saturated carbocycles. The van der Waals surface area contributed by atoms with E-state index in [1.165, 1.54) is 0 Å². The van der Waals surface area contributed by atoms with Crippen LogP contribution < -0.4 is 4.72 Å². The highest BCUT2D eigenvalue weighted by atomic mass is 32.2. The van der Waals surface area contributed by atoms with Crippen LogP contribution in [0.15, 0.2) is 0 Å². The molecule has 1 saturated heterocycles. The van der Waals surface area contributed by atoms with Crippen molar-refractivity contribution in [2.24, 2.45) is 0 Å². The predicted molar refractivity (Wildman–Crippen MR) is 35.0 cm³/mol. The average Bonchev–Trinajstić information content (AvgIpc) is 1.85. The molecule has 2 atom stereocenters. The molecule has 0 aromatic rings. The Morgan fingerprint density at radius 1 is 1.82 bits per heavy atom. The highest BCUT2D eigenvalue weighted by Crippen LogP contribution is 1.98. The highest BCUT2D eigenvalue weighted by molar-refractivity contribution is 7.82. The highest BCUT2D eigenvalue weighted by Gasteiger charge is 2.20. The van der Waals surface area contributed by atoms with E-state index in [1.54, 1.807) is 0 Å². The standard InChI is InChI=1S/C4H7NO5S/c6-4(7)10-3-1-9-2-11(8)5-3/h3,5H,1-2H2,(H,6,7). The minimum Gasteiger partial charge on any atom is -0.450 e. The largest absolute Gasteiger partial charge is 0.507 e. The monoisotopic (exact) mass is 181 g/mol. The molecule has 6 nitrogen and oxygen atoms in total. The third-order valence-corrected chi connectivity index (χ3v) is 1.87. The lowest BCUT2D eigenvalue weighted by Gasteiger charge is -2.21. The molecule has 1 aliphatic rings. The Morgan fingerprint density at radius 3 is 3.09 bits per heavy atom. The van der Waals surface area contributed by atoms with Crippen LogP contribution in [0.1, 0.15) is 0 Å². The van der Waals surface area contributed by atoms with Crippen LogP contribution in [-0.2, 0) is 20.5 Å². The molecule has 0 amide bonds. The van der Waals surface area contributed by atoms with Crippen LogP contribution in [0.25, 0.3) is 0 Å². The molecular formula is C4H7NO5S. The second-order valence-electron chi connectivity index (χ2n) is 1.82. The lowest BCUT2D eigenvalue weighted by molar-refractivity contribution is -0.00429. The van der Waals surface area contributed by atoms with Gasteiger partial charge in [-0.3, -0.25) is 0 Å². The second-order valence-corrected chi connectivity index (χ2v) is 2.99. The van der Waals surface area contributed by atoms with E-state index in [-0.39, 0.29) is 12.5 Å². The van der Waals surface area contributed by atoms with E-state index in [2.05, 4.69) is 9.46 Å². The smallest absolute Gasteiger partial charge is 0.450 e. The van der Waals surface area contributed by atoms with Crippen molar-refractivity contribution in [3.63, 3.8) is 0 Å². The summed E-state index contributed by atoms with van der Waals surface area (Å²) < 4.78 is 22.0. The molecule has 11 heavy (non-hydrogen) atoms. The predicted octanol–water partition coefficient (Wildman–Crippen LogP) is -0.752. The Labute approximate surface area is 65.1 Å². The van der Waals surface area contributed by atoms with Gasteiger partial charge in [-0.05, 0) is 0 Å². The summed E-state index contributed by atoms with van der Waals surface area (Å²) in [6, 6.07) is 0. The molecule has 0 aliphatic carbocycles. The minimum absolute atomic E-state index is 0.0689. The van der Waals surface area contributed by atoms with E-state index >= 15 is 0 Å². The average molecular weight is 181 g/mol. The Kier molecular flexibility index (Phi) is 2.80. The maximum atomic E-state index is 10.7. The zero-order valence-corrected chi connectivity index (χ0v) is 6.30. The molecule has 0 bridgehead atoms. The van der Waals surface area contributed by atoms with Crippen molar-refractivity contribution in [1.29, 1.82) is 0 Å². The van der Waals surface area contributed by atoms with Gasteiger partial charge in [-0.2, -0.15) is 4.72 Å². The van der Waals surface area contributed by atoms with Gasteiger partial charge in [0.05, 0.1) is 6.61 Å². The van der Waals surface area contributed by atoms with Crippen LogP contribution in [0.5, 0.6) is 0 Å². The van der Waals surface area contributed by atoms with E-state index in [0.29, 0.717) is 0 Å². The summed E-state index contributed by atoms with van der Waals surface area (Å²) >= 11 is 0. The van der Waals surface area contributed by atoms with Crippen molar-refractivity contribution in [3.8, 4) is 0 Å². The molecule has 0 radical (unpaired) electrons. The summed E-state index contributed by atoms with van der Waals surface area (Å²) in [6.45, 7) is 0.0953. The number of rotatable bonds is 1. The molecular weight excluding hydrogens is 174 g/mol. The van der Waals surface area contributed by atoms with Gasteiger partial charge in [0.2, 0.25) is 0 Å². The lowest BCUT2D eigenvalue weighted by atomic mass is 10.6. The third-order valence-electron chi connectivity index (χ3n) is 0.966. The van der Waals surface area contributed by atoms with Crippen molar-refractivity contribution >= 4 is 17.1 Å². The Hall–Kier alpha value is -0.660. The normalized spacial score (nSPS) is 31.3. The van der Waals surface area contributed by atoms with Crippen LogP contribution in [0.2, 0.25) is 0 Å². The van der Waals surface area contributed by atoms with Gasteiger partial charge in [0.15, 0.2) is 6.23 Å². The minimum atomic E-state index is -1.41. The van der Waals surface area contributed by atoms with Gasteiger partial charge >= 0.3 is 6.16 Å². The third kappa shape index (κ3) is 2.83. The number of hydrogen-bond donors (Lipinski definition) is 2. The first-order chi connectivity index (χ1) is 5.18. The fraction of sp³-hybridized carbons (Fsp3) is 0.750. The fourth-order valence-electron chi connectivity index (χ4n) is 0.625. The number of ether oxygens (including phenoxy) is 2. The van der Waals surface area contributed by atoms with Crippen LogP contribution in [0.3, 0.4) is 0 Å². The summed E-state index contributed by atoms with van der Waals surface area (Å²) in [4.78, 5) is 9.96. The summed E-state index contributed by atoms with van der Waals surface area (Å²) in [7, 11) is -1.35. The Bertz CT molecular complexity index is 181. The van der Waals surface area contributed by atoms with E-state index < -0.39 is 23.4 Å². The molecule has 1 heterocycles. The molecule has 64 valence electrons. The molecule has 2 unspecified atom stereocenters. The van der Waals surface area contributed by atoms with Crippen molar-refractivity contribution in [1.82, 2.24) is 4.72 Å². The Morgan fingerprint density at radius 2 is 2.55 bits per heavy atom. The Balaban J connectivity index is 2.34. The van der Waals surface area contributed by atoms with Crippen LogP contribution in [-0.4, -0.2) is 34.2 Å². The number of hydrogen-bond acceptors (Lipinski definition) is 4. The van der Waals surface area contributed by atoms with Crippen molar-refractivity contribution in [2.45, 2.75) is 6.23 Å². The van der Waals surface area contributed by atoms with Crippen LogP contribution in [0.4, 0.5) is 4.79 Å². The topological polar surface area (TPSA) is 84.9 Å². The summed E-state index contributed by atoms with van der Waals surface area (Å²) in [5, 5.41) is 8.14. The maximum absolute atomic E-state index is 10.7. The number of carbonyl (C=O) groups is 1. The molecule has 0 spiro atoms. The van der Waals surface area contributed by atoms with Gasteiger partial charge in [-0.15, -0.1) is 0 Å². The van der Waals surface area contributed by atoms with E-state index in [0.717, 1.165) is 0 Å². The second kappa shape index (κ2) is 3.65. The van der Waals surface area contributed by atoms with Gasteiger partial charge in [0.1, 0.15) is 16.9 Å². The van der Waals surface area contributed by atoms with Gasteiger partial charge in [0, 0.05) is 0 Å². The van der Waals surface area contributed by atoms with Gasteiger partial charge in [-0.25, -0.2) is 9.00 Å². The van der Waals surface area contributed by atoms with E-state index in [1.807, 2.05) is 0 Å². The zero-order chi connectivity index (χ0) is 8.27. The van der Waals surface area contributed by atoms with Crippen molar-refractivity contribution in [3.05, 3.63) is 0 Å². The maximum Gasteiger partial charge on any atom is 0.507 e. The van der Waals surface area contributed by atoms with Crippen LogP contribution in [0, 0.1) is 0 Å². The first-order valence-corrected chi connectivity index (χ1v) is 4.12. The molecule has 7 heteroatoms. The molecule has 1 rings (SSSR count). The lowest BCUT2D eigenvalue weighted by Crippen LogP contribution is -2.44. The molecule has 2 N–H and O–H groups in total. The fourth-order valence-corrected chi connectivity index (χ4v) is 1.35. The molecule has 1 aliphatic heterocycles. The zero-order valence-electron chi connectivity index (χ0n) is 5.48. The number of nitrogens with one attached hydrogen (secondary N) is 1. The van der Waals surface area contributed by atoms with E-state index in [4.69, 9.17) is 9.84 Å². The summed E-state index contributed by atoms with van der Waals surface area (Å²) in [6.07, 6.45) is -2.23. The molecule has 1 fully saturated rings. The first kappa shape index (κ1) is 8.44.